The molecule has 1 N–H and O–H groups in total. The van der Waals surface area contributed by atoms with Crippen LogP contribution in [0.4, 0.5) is 13.2 Å². The number of ketones is 1. The topological polar surface area (TPSA) is 81.7 Å². The van der Waals surface area contributed by atoms with Crippen molar-refractivity contribution < 1.29 is 22.8 Å². The molecule has 1 amide bonds. The van der Waals surface area contributed by atoms with Crippen LogP contribution in [0.5, 0.6) is 0 Å². The van der Waals surface area contributed by atoms with E-state index < -0.39 is 22.7 Å². The van der Waals surface area contributed by atoms with Crippen molar-refractivity contribution in [3.63, 3.8) is 0 Å². The van der Waals surface area contributed by atoms with Gasteiger partial charge in [-0.3, -0.25) is 14.6 Å². The summed E-state index contributed by atoms with van der Waals surface area (Å²) in [5, 5.41) is 1.64. The third-order valence-corrected chi connectivity index (χ3v) is 7.83. The molecule has 0 spiro atoms. The first-order chi connectivity index (χ1) is 18.3. The first kappa shape index (κ1) is 27.0. The van der Waals surface area contributed by atoms with Gasteiger partial charge in [-0.05, 0) is 39.0 Å². The Kier molecular flexibility index (Phi) is 6.82. The number of hydrogen-bond acceptors (Lipinski definition) is 7. The quantitative estimate of drug-likeness (QED) is 0.529. The van der Waals surface area contributed by atoms with Crippen LogP contribution in [0.3, 0.4) is 0 Å². The second-order valence-corrected chi connectivity index (χ2v) is 10.7. The average Bonchev–Trinajstić information content (AvgIpc) is 3.24. The van der Waals surface area contributed by atoms with Crippen LogP contribution < -0.4 is 5.43 Å². The fourth-order valence-electron chi connectivity index (χ4n) is 5.24. The van der Waals surface area contributed by atoms with E-state index in [4.69, 9.17) is 11.6 Å². The lowest BCUT2D eigenvalue weighted by Gasteiger charge is -2.41. The van der Waals surface area contributed by atoms with Gasteiger partial charge in [0.05, 0.1) is 34.9 Å². The molecule has 0 fully saturated rings. The van der Waals surface area contributed by atoms with Crippen molar-refractivity contribution in [2.75, 3.05) is 13.1 Å². The Hall–Kier alpha value is -3.60. The van der Waals surface area contributed by atoms with Gasteiger partial charge in [0, 0.05) is 66.9 Å². The molecule has 0 bridgehead atoms. The molecule has 39 heavy (non-hydrogen) atoms. The normalized spacial score (nSPS) is 21.7. The van der Waals surface area contributed by atoms with Gasteiger partial charge in [-0.15, -0.1) is 0 Å². The monoisotopic (exact) mass is 560 g/mol. The average molecular weight is 561 g/mol. The smallest absolute Gasteiger partial charge is 0.367 e. The van der Waals surface area contributed by atoms with Crippen LogP contribution in [0.25, 0.3) is 0 Å². The Bertz CT molecular complexity index is 1390. The Morgan fingerprint density at radius 1 is 1.15 bits per heavy atom. The molecule has 2 aromatic rings. The molecule has 12 heteroatoms. The van der Waals surface area contributed by atoms with Crippen LogP contribution in [0.2, 0.25) is 5.02 Å². The van der Waals surface area contributed by atoms with Crippen molar-refractivity contribution >= 4 is 23.3 Å². The number of benzene rings is 1. The molecule has 0 saturated carbocycles. The number of carbonyl (C=O) groups is 2. The molecule has 0 radical (unpaired) electrons. The number of hydrogen-bond donors (Lipinski definition) is 1. The van der Waals surface area contributed by atoms with Crippen LogP contribution in [-0.2, 0) is 6.18 Å². The van der Waals surface area contributed by atoms with Gasteiger partial charge >= 0.3 is 6.18 Å². The van der Waals surface area contributed by atoms with E-state index in [1.807, 2.05) is 20.0 Å². The van der Waals surface area contributed by atoms with Crippen LogP contribution in [0.15, 0.2) is 53.8 Å². The summed E-state index contributed by atoms with van der Waals surface area (Å²) in [6, 6.07) is 3.06. The zero-order valence-corrected chi connectivity index (χ0v) is 22.6. The molecule has 3 aliphatic heterocycles. The molecule has 5 rings (SSSR count). The number of fused-ring (bicyclic) bond motifs is 2. The molecule has 4 heterocycles. The molecule has 0 aliphatic carbocycles. The maximum atomic E-state index is 13.4. The molecule has 0 saturated heterocycles. The summed E-state index contributed by atoms with van der Waals surface area (Å²) < 4.78 is 40.3. The Morgan fingerprint density at radius 3 is 2.49 bits per heavy atom. The molecular weight excluding hydrogens is 533 g/mol. The van der Waals surface area contributed by atoms with E-state index in [1.54, 1.807) is 17.3 Å². The lowest BCUT2D eigenvalue weighted by atomic mass is 9.97. The number of aromatic nitrogens is 2. The van der Waals surface area contributed by atoms with Crippen molar-refractivity contribution in [3.05, 3.63) is 81.3 Å². The standard InChI is InChI=1S/C27H28ClF3N6O2/c1-14-7-23-20(12-36(14)26(39)18-5-6-22(28)21(8-18)27(29,30)31)24-13-35(11-15(2)37(24)34-23)16(3)19-9-32-25(17(4)38)33-10-19/h5-6,8-10,13-16,34H,7,11-12H2,1-4H3/t14-,15-,16?/m1/s1. The van der Waals surface area contributed by atoms with Gasteiger partial charge in [-0.1, -0.05) is 11.6 Å². The van der Waals surface area contributed by atoms with Crippen LogP contribution in [0.1, 0.15) is 72.3 Å². The molecule has 1 aromatic carbocycles. The predicted molar refractivity (Wildman–Crippen MR) is 138 cm³/mol. The van der Waals surface area contributed by atoms with Gasteiger partial charge in [0.2, 0.25) is 0 Å². The fraction of sp³-hybridized carbons (Fsp3) is 0.407. The van der Waals surface area contributed by atoms with Crippen LogP contribution in [-0.4, -0.2) is 61.6 Å². The second-order valence-electron chi connectivity index (χ2n) is 10.2. The zero-order chi connectivity index (χ0) is 28.2. The largest absolute Gasteiger partial charge is 0.417 e. The minimum Gasteiger partial charge on any atom is -0.367 e. The highest BCUT2D eigenvalue weighted by molar-refractivity contribution is 6.31. The first-order valence-electron chi connectivity index (χ1n) is 12.6. The maximum Gasteiger partial charge on any atom is 0.417 e. The van der Waals surface area contributed by atoms with Crippen molar-refractivity contribution in [2.45, 2.75) is 58.4 Å². The number of hydrazine groups is 1. The number of nitrogens with zero attached hydrogens (tertiary/aromatic N) is 5. The molecular formula is C27H28ClF3N6O2. The SMILES string of the molecule is CC(=O)c1ncc(C(C)N2C=C3C4=C(C[C@@H](C)N(C(=O)c5ccc(Cl)c(C(F)(F)F)c5)C4)NN3[C@H](C)C2)cn1. The molecule has 3 aliphatic rings. The highest BCUT2D eigenvalue weighted by Gasteiger charge is 2.41. The van der Waals surface area contributed by atoms with Gasteiger partial charge in [0.25, 0.3) is 5.91 Å². The van der Waals surface area contributed by atoms with Crippen LogP contribution in [0, 0.1) is 0 Å². The minimum absolute atomic E-state index is 0.0549. The van der Waals surface area contributed by atoms with Crippen molar-refractivity contribution in [1.29, 1.82) is 0 Å². The van der Waals surface area contributed by atoms with Gasteiger partial charge in [-0.2, -0.15) is 13.2 Å². The Labute approximate surface area is 229 Å². The third kappa shape index (κ3) is 4.95. The van der Waals surface area contributed by atoms with E-state index in [-0.39, 0.29) is 41.8 Å². The minimum atomic E-state index is -4.66. The summed E-state index contributed by atoms with van der Waals surface area (Å²) in [6.07, 6.45) is 1.23. The van der Waals surface area contributed by atoms with Gasteiger partial charge in [-0.25, -0.2) is 9.97 Å². The lowest BCUT2D eigenvalue weighted by Crippen LogP contribution is -2.48. The summed E-state index contributed by atoms with van der Waals surface area (Å²) in [4.78, 5) is 37.1. The number of Topliss-reactive ketones (excluding diaryl/α,β-unsaturated/α-hetero) is 1. The zero-order valence-electron chi connectivity index (χ0n) is 21.9. The maximum absolute atomic E-state index is 13.4. The van der Waals surface area contributed by atoms with E-state index in [1.165, 1.54) is 13.0 Å². The van der Waals surface area contributed by atoms with E-state index in [2.05, 4.69) is 32.2 Å². The number of carbonyl (C=O) groups excluding carboxylic acids is 2. The highest BCUT2D eigenvalue weighted by Crippen LogP contribution is 2.39. The molecule has 1 unspecified atom stereocenters. The van der Waals surface area contributed by atoms with E-state index in [0.29, 0.717) is 13.0 Å². The predicted octanol–water partition coefficient (Wildman–Crippen LogP) is 4.97. The summed E-state index contributed by atoms with van der Waals surface area (Å²) in [7, 11) is 0. The van der Waals surface area contributed by atoms with Gasteiger partial charge in [0.1, 0.15) is 0 Å². The Morgan fingerprint density at radius 2 is 1.85 bits per heavy atom. The van der Waals surface area contributed by atoms with Crippen LogP contribution >= 0.6 is 11.6 Å². The third-order valence-electron chi connectivity index (χ3n) is 7.50. The number of rotatable bonds is 4. The summed E-state index contributed by atoms with van der Waals surface area (Å²) in [5.74, 6) is -0.512. The number of alkyl halides is 3. The lowest BCUT2D eigenvalue weighted by molar-refractivity contribution is -0.137. The molecule has 3 atom stereocenters. The number of nitrogens with one attached hydrogen (secondary N) is 1. The summed E-state index contributed by atoms with van der Waals surface area (Å²) in [5.41, 5.74) is 6.10. The van der Waals surface area contributed by atoms with Crippen molar-refractivity contribution in [2.24, 2.45) is 0 Å². The van der Waals surface area contributed by atoms with Crippen molar-refractivity contribution in [3.8, 4) is 0 Å². The van der Waals surface area contributed by atoms with Gasteiger partial charge < -0.3 is 15.2 Å². The second kappa shape index (κ2) is 9.86. The number of amides is 1. The highest BCUT2D eigenvalue weighted by atomic mass is 35.5. The Balaban J connectivity index is 1.41. The van der Waals surface area contributed by atoms with Crippen molar-refractivity contribution in [1.82, 2.24) is 30.2 Å². The molecule has 206 valence electrons. The fourth-order valence-corrected chi connectivity index (χ4v) is 5.47. The number of halogens is 4. The van der Waals surface area contributed by atoms with Gasteiger partial charge in [0.15, 0.2) is 11.6 Å². The molecule has 8 nitrogen and oxygen atoms in total. The summed E-state index contributed by atoms with van der Waals surface area (Å²) >= 11 is 5.77. The van der Waals surface area contributed by atoms with E-state index in [0.717, 1.165) is 34.7 Å². The summed E-state index contributed by atoms with van der Waals surface area (Å²) in [6.45, 7) is 8.38. The first-order valence-corrected chi connectivity index (χ1v) is 13.0. The van der Waals surface area contributed by atoms with E-state index in [9.17, 15) is 22.8 Å². The molecule has 1 aromatic heterocycles. The van der Waals surface area contributed by atoms with E-state index >= 15 is 0 Å².